The minimum absolute atomic E-state index is 0.329. The molecule has 0 radical (unpaired) electrons. The van der Waals surface area contributed by atoms with Gasteiger partial charge in [0.25, 0.3) is 11.8 Å². The van der Waals surface area contributed by atoms with E-state index in [0.717, 1.165) is 33.6 Å². The fourth-order valence-corrected chi connectivity index (χ4v) is 4.07. The van der Waals surface area contributed by atoms with Crippen molar-refractivity contribution in [2.75, 3.05) is 0 Å². The number of thiophene rings is 1. The molecule has 0 aliphatic carbocycles. The lowest BCUT2D eigenvalue weighted by molar-refractivity contribution is 0.0848. The van der Waals surface area contributed by atoms with E-state index in [2.05, 4.69) is 29.8 Å². The number of nitrogens with one attached hydrogen (secondary N) is 2. The molecule has 3 rings (SSSR count). The quantitative estimate of drug-likeness (QED) is 0.673. The van der Waals surface area contributed by atoms with Gasteiger partial charge in [-0.1, -0.05) is 31.5 Å². The van der Waals surface area contributed by atoms with Gasteiger partial charge in [-0.15, -0.1) is 11.3 Å². The van der Waals surface area contributed by atoms with Gasteiger partial charge in [0.1, 0.15) is 4.83 Å². The standard InChI is InChI=1S/C20H24N4O2S/c1-11(2)10-24-20-16(14(5)23-24)9-17(27-20)19(26)22-21-18(25)15-7-6-12(3)8-13(15)4/h6-9,11H,10H2,1-5H3,(H,21,25)(H,22,26). The summed E-state index contributed by atoms with van der Waals surface area (Å²) in [5.41, 5.74) is 8.41. The molecule has 0 fully saturated rings. The number of aromatic nitrogens is 2. The summed E-state index contributed by atoms with van der Waals surface area (Å²) in [6.45, 7) is 10.9. The SMILES string of the molecule is Cc1ccc(C(=O)NNC(=O)c2cc3c(C)nn(CC(C)C)c3s2)c(C)c1. The largest absolute Gasteiger partial charge is 0.279 e. The molecule has 7 heteroatoms. The summed E-state index contributed by atoms with van der Waals surface area (Å²) in [6, 6.07) is 7.40. The summed E-state index contributed by atoms with van der Waals surface area (Å²) in [4.78, 5) is 26.3. The third-order valence-corrected chi connectivity index (χ3v) is 5.43. The molecule has 0 saturated heterocycles. The lowest BCUT2D eigenvalue weighted by atomic mass is 10.1. The van der Waals surface area contributed by atoms with Gasteiger partial charge < -0.3 is 0 Å². The first-order valence-corrected chi connectivity index (χ1v) is 9.72. The molecule has 0 spiro atoms. The molecule has 0 aliphatic heterocycles. The second-order valence-corrected chi connectivity index (χ2v) is 8.25. The van der Waals surface area contributed by atoms with Crippen molar-refractivity contribution < 1.29 is 9.59 Å². The lowest BCUT2D eigenvalue weighted by Gasteiger charge is -2.09. The van der Waals surface area contributed by atoms with Crippen LogP contribution in [0.4, 0.5) is 0 Å². The molecule has 1 aromatic carbocycles. The average Bonchev–Trinajstić information content (AvgIpc) is 3.14. The molecule has 27 heavy (non-hydrogen) atoms. The Morgan fingerprint density at radius 2 is 1.81 bits per heavy atom. The van der Waals surface area contributed by atoms with E-state index < -0.39 is 0 Å². The summed E-state index contributed by atoms with van der Waals surface area (Å²) in [5.74, 6) is -0.196. The van der Waals surface area contributed by atoms with Gasteiger partial charge in [-0.05, 0) is 44.4 Å². The summed E-state index contributed by atoms with van der Waals surface area (Å²) in [7, 11) is 0. The molecule has 6 nitrogen and oxygen atoms in total. The van der Waals surface area contributed by atoms with Crippen molar-refractivity contribution in [3.8, 4) is 0 Å². The summed E-state index contributed by atoms with van der Waals surface area (Å²) < 4.78 is 1.95. The first-order valence-electron chi connectivity index (χ1n) is 8.91. The lowest BCUT2D eigenvalue weighted by Crippen LogP contribution is -2.41. The molecule has 0 aliphatic rings. The van der Waals surface area contributed by atoms with Gasteiger partial charge in [0.05, 0.1) is 10.6 Å². The molecular formula is C20H24N4O2S. The predicted molar refractivity (Wildman–Crippen MR) is 108 cm³/mol. The van der Waals surface area contributed by atoms with E-state index in [-0.39, 0.29) is 11.8 Å². The summed E-state index contributed by atoms with van der Waals surface area (Å²) in [5, 5.41) is 5.52. The fraction of sp³-hybridized carbons (Fsp3) is 0.350. The first-order chi connectivity index (χ1) is 12.8. The number of benzene rings is 1. The van der Waals surface area contributed by atoms with Gasteiger partial charge in [0, 0.05) is 17.5 Å². The minimum atomic E-state index is -0.330. The number of carbonyl (C=O) groups is 2. The van der Waals surface area contributed by atoms with E-state index in [0.29, 0.717) is 16.4 Å². The van der Waals surface area contributed by atoms with Crippen molar-refractivity contribution in [2.45, 2.75) is 41.2 Å². The zero-order valence-corrected chi connectivity index (χ0v) is 17.0. The number of hydrazine groups is 1. The maximum absolute atomic E-state index is 12.5. The third kappa shape index (κ3) is 4.03. The normalized spacial score (nSPS) is 11.2. The molecule has 2 N–H and O–H groups in total. The van der Waals surface area contributed by atoms with Crippen molar-refractivity contribution in [3.63, 3.8) is 0 Å². The van der Waals surface area contributed by atoms with Gasteiger partial charge in [-0.3, -0.25) is 25.1 Å². The van der Waals surface area contributed by atoms with Crippen LogP contribution < -0.4 is 10.9 Å². The summed E-state index contributed by atoms with van der Waals surface area (Å²) >= 11 is 1.38. The molecule has 2 amide bonds. The number of aryl methyl sites for hydroxylation is 3. The number of amides is 2. The monoisotopic (exact) mass is 384 g/mol. The van der Waals surface area contributed by atoms with E-state index in [4.69, 9.17) is 0 Å². The Morgan fingerprint density at radius 3 is 2.48 bits per heavy atom. The van der Waals surface area contributed by atoms with Gasteiger partial charge in [0.2, 0.25) is 0 Å². The Morgan fingerprint density at radius 1 is 1.11 bits per heavy atom. The van der Waals surface area contributed by atoms with Crippen LogP contribution in [0.5, 0.6) is 0 Å². The number of rotatable bonds is 4. The van der Waals surface area contributed by atoms with Crippen molar-refractivity contribution in [1.29, 1.82) is 0 Å². The van der Waals surface area contributed by atoms with Crippen LogP contribution in [0.1, 0.15) is 50.7 Å². The Bertz CT molecular complexity index is 1020. The molecule has 0 unspecified atom stereocenters. The maximum Gasteiger partial charge on any atom is 0.279 e. The van der Waals surface area contributed by atoms with Crippen LogP contribution in [-0.4, -0.2) is 21.6 Å². The second-order valence-electron chi connectivity index (χ2n) is 7.22. The van der Waals surface area contributed by atoms with Crippen LogP contribution in [-0.2, 0) is 6.54 Å². The van der Waals surface area contributed by atoms with Crippen LogP contribution in [0.25, 0.3) is 10.2 Å². The van der Waals surface area contributed by atoms with Crippen LogP contribution in [0.3, 0.4) is 0 Å². The zero-order valence-electron chi connectivity index (χ0n) is 16.2. The van der Waals surface area contributed by atoms with Crippen molar-refractivity contribution >= 4 is 33.4 Å². The summed E-state index contributed by atoms with van der Waals surface area (Å²) in [6.07, 6.45) is 0. The van der Waals surface area contributed by atoms with E-state index in [9.17, 15) is 9.59 Å². The predicted octanol–water partition coefficient (Wildman–Crippen LogP) is 3.75. The minimum Gasteiger partial charge on any atom is -0.267 e. The molecule has 0 bridgehead atoms. The van der Waals surface area contributed by atoms with Gasteiger partial charge in [0.15, 0.2) is 0 Å². The fourth-order valence-electron chi connectivity index (χ4n) is 3.01. The molecule has 0 atom stereocenters. The van der Waals surface area contributed by atoms with E-state index in [1.54, 1.807) is 6.07 Å². The molecular weight excluding hydrogens is 360 g/mol. The number of fused-ring (bicyclic) bond motifs is 1. The maximum atomic E-state index is 12.5. The highest BCUT2D eigenvalue weighted by atomic mass is 32.1. The van der Waals surface area contributed by atoms with Crippen LogP contribution in [0, 0.1) is 26.7 Å². The Balaban J connectivity index is 1.73. The molecule has 3 aromatic rings. The smallest absolute Gasteiger partial charge is 0.267 e. The van der Waals surface area contributed by atoms with Crippen molar-refractivity contribution in [2.24, 2.45) is 5.92 Å². The van der Waals surface area contributed by atoms with Crippen LogP contribution in [0.2, 0.25) is 0 Å². The van der Waals surface area contributed by atoms with Crippen LogP contribution in [0.15, 0.2) is 24.3 Å². The average molecular weight is 385 g/mol. The van der Waals surface area contributed by atoms with Gasteiger partial charge >= 0.3 is 0 Å². The van der Waals surface area contributed by atoms with E-state index in [1.165, 1.54) is 11.3 Å². The van der Waals surface area contributed by atoms with Crippen LogP contribution >= 0.6 is 11.3 Å². The third-order valence-electron chi connectivity index (χ3n) is 4.29. The Hall–Kier alpha value is -2.67. The van der Waals surface area contributed by atoms with Crippen molar-refractivity contribution in [1.82, 2.24) is 20.6 Å². The molecule has 2 aromatic heterocycles. The zero-order chi connectivity index (χ0) is 19.7. The molecule has 2 heterocycles. The van der Waals surface area contributed by atoms with E-state index in [1.807, 2.05) is 43.7 Å². The number of nitrogens with zero attached hydrogens (tertiary/aromatic N) is 2. The molecule has 142 valence electrons. The number of carbonyl (C=O) groups excluding carboxylic acids is 2. The Kier molecular flexibility index (Phi) is 5.32. The highest BCUT2D eigenvalue weighted by Gasteiger charge is 2.18. The number of hydrogen-bond acceptors (Lipinski definition) is 4. The first kappa shape index (κ1) is 19.1. The second kappa shape index (κ2) is 7.52. The molecule has 0 saturated carbocycles. The van der Waals surface area contributed by atoms with Crippen molar-refractivity contribution in [3.05, 3.63) is 51.5 Å². The Labute approximate surface area is 162 Å². The topological polar surface area (TPSA) is 76.0 Å². The highest BCUT2D eigenvalue weighted by molar-refractivity contribution is 7.20. The van der Waals surface area contributed by atoms with E-state index >= 15 is 0 Å². The van der Waals surface area contributed by atoms with Gasteiger partial charge in [-0.2, -0.15) is 5.10 Å². The number of hydrogen-bond donors (Lipinski definition) is 2. The highest BCUT2D eigenvalue weighted by Crippen LogP contribution is 2.28. The van der Waals surface area contributed by atoms with Gasteiger partial charge in [-0.25, -0.2) is 0 Å².